The van der Waals surface area contributed by atoms with Gasteiger partial charge in [-0.1, -0.05) is 15.9 Å². The zero-order chi connectivity index (χ0) is 14.5. The van der Waals surface area contributed by atoms with Crippen LogP contribution in [0.15, 0.2) is 34.8 Å². The number of aromatic nitrogens is 2. The summed E-state index contributed by atoms with van der Waals surface area (Å²) in [4.78, 5) is 11.9. The Hall–Kier alpha value is -2.02. The smallest absolute Gasteiger partial charge is 0.276 e. The summed E-state index contributed by atoms with van der Waals surface area (Å²) in [5, 5.41) is 13.1. The first-order valence-corrected chi connectivity index (χ1v) is 6.73. The molecule has 7 heteroatoms. The fraction of sp³-hybridized carbons (Fsp3) is 0.154. The SMILES string of the molecule is CCNc1ccc(C(=O)Nc2cc(Br)ccc2F)nn1. The van der Waals surface area contributed by atoms with Crippen molar-refractivity contribution in [2.45, 2.75) is 6.92 Å². The molecule has 0 bridgehead atoms. The van der Waals surface area contributed by atoms with E-state index in [9.17, 15) is 9.18 Å². The molecule has 0 saturated heterocycles. The zero-order valence-corrected chi connectivity index (χ0v) is 12.2. The number of rotatable bonds is 4. The van der Waals surface area contributed by atoms with Gasteiger partial charge in [-0.15, -0.1) is 10.2 Å². The van der Waals surface area contributed by atoms with Gasteiger partial charge >= 0.3 is 0 Å². The van der Waals surface area contributed by atoms with Crippen molar-refractivity contribution in [3.8, 4) is 0 Å². The Morgan fingerprint density at radius 3 is 2.75 bits per heavy atom. The van der Waals surface area contributed by atoms with Crippen molar-refractivity contribution in [2.75, 3.05) is 17.2 Å². The molecule has 0 unspecified atom stereocenters. The zero-order valence-electron chi connectivity index (χ0n) is 10.7. The van der Waals surface area contributed by atoms with Crippen molar-refractivity contribution in [2.24, 2.45) is 0 Å². The highest BCUT2D eigenvalue weighted by Gasteiger charge is 2.11. The Morgan fingerprint density at radius 1 is 1.30 bits per heavy atom. The Morgan fingerprint density at radius 2 is 2.10 bits per heavy atom. The van der Waals surface area contributed by atoms with Crippen LogP contribution in [0.25, 0.3) is 0 Å². The molecule has 0 aliphatic heterocycles. The number of nitrogens with one attached hydrogen (secondary N) is 2. The van der Waals surface area contributed by atoms with Crippen LogP contribution >= 0.6 is 15.9 Å². The molecule has 1 heterocycles. The first-order valence-electron chi connectivity index (χ1n) is 5.94. The second-order valence-corrected chi connectivity index (χ2v) is 4.83. The van der Waals surface area contributed by atoms with E-state index >= 15 is 0 Å². The molecule has 1 aromatic carbocycles. The van der Waals surface area contributed by atoms with Crippen LogP contribution in [0.5, 0.6) is 0 Å². The molecule has 5 nitrogen and oxygen atoms in total. The van der Waals surface area contributed by atoms with Crippen LogP contribution in [-0.4, -0.2) is 22.6 Å². The molecule has 0 spiro atoms. The van der Waals surface area contributed by atoms with Gasteiger partial charge in [-0.2, -0.15) is 0 Å². The maximum absolute atomic E-state index is 13.5. The van der Waals surface area contributed by atoms with Gasteiger partial charge in [0.25, 0.3) is 5.91 Å². The van der Waals surface area contributed by atoms with Gasteiger partial charge in [-0.25, -0.2) is 4.39 Å². The lowest BCUT2D eigenvalue weighted by Crippen LogP contribution is -2.15. The quantitative estimate of drug-likeness (QED) is 0.898. The molecule has 0 fully saturated rings. The molecular weight excluding hydrogens is 327 g/mol. The van der Waals surface area contributed by atoms with Gasteiger partial charge in [0.05, 0.1) is 5.69 Å². The molecule has 1 amide bonds. The topological polar surface area (TPSA) is 66.9 Å². The molecule has 20 heavy (non-hydrogen) atoms. The van der Waals surface area contributed by atoms with Gasteiger partial charge in [0.2, 0.25) is 0 Å². The van der Waals surface area contributed by atoms with Crippen molar-refractivity contribution >= 4 is 33.3 Å². The van der Waals surface area contributed by atoms with Crippen LogP contribution in [0.2, 0.25) is 0 Å². The monoisotopic (exact) mass is 338 g/mol. The largest absolute Gasteiger partial charge is 0.369 e. The highest BCUT2D eigenvalue weighted by molar-refractivity contribution is 9.10. The highest BCUT2D eigenvalue weighted by atomic mass is 79.9. The molecule has 104 valence electrons. The lowest BCUT2D eigenvalue weighted by molar-refractivity contribution is 0.102. The predicted octanol–water partition coefficient (Wildman–Crippen LogP) is 3.06. The van der Waals surface area contributed by atoms with Crippen LogP contribution in [0.4, 0.5) is 15.9 Å². The second kappa shape index (κ2) is 6.42. The molecule has 0 aliphatic rings. The number of carbonyl (C=O) groups excluding carboxylic acids is 1. The Bertz CT molecular complexity index is 618. The number of carbonyl (C=O) groups is 1. The van der Waals surface area contributed by atoms with Gasteiger partial charge < -0.3 is 10.6 Å². The van der Waals surface area contributed by atoms with E-state index in [1.807, 2.05) is 6.92 Å². The number of benzene rings is 1. The van der Waals surface area contributed by atoms with Crippen LogP contribution in [-0.2, 0) is 0 Å². The normalized spacial score (nSPS) is 10.2. The van der Waals surface area contributed by atoms with E-state index in [0.717, 1.165) is 0 Å². The minimum Gasteiger partial charge on any atom is -0.369 e. The van der Waals surface area contributed by atoms with Crippen molar-refractivity contribution in [3.05, 3.63) is 46.3 Å². The van der Waals surface area contributed by atoms with Gasteiger partial charge in [-0.05, 0) is 37.3 Å². The molecule has 0 saturated carbocycles. The molecule has 0 atom stereocenters. The number of halogens is 2. The van der Waals surface area contributed by atoms with E-state index in [4.69, 9.17) is 0 Å². The van der Waals surface area contributed by atoms with E-state index in [-0.39, 0.29) is 11.4 Å². The third kappa shape index (κ3) is 3.51. The van der Waals surface area contributed by atoms with Crippen molar-refractivity contribution in [1.29, 1.82) is 0 Å². The molecule has 2 N–H and O–H groups in total. The fourth-order valence-electron chi connectivity index (χ4n) is 1.51. The second-order valence-electron chi connectivity index (χ2n) is 3.91. The number of hydrogen-bond donors (Lipinski definition) is 2. The molecule has 2 aromatic rings. The van der Waals surface area contributed by atoms with Crippen molar-refractivity contribution < 1.29 is 9.18 Å². The van der Waals surface area contributed by atoms with E-state index in [1.54, 1.807) is 12.1 Å². The van der Waals surface area contributed by atoms with Gasteiger partial charge in [0.15, 0.2) is 5.69 Å². The van der Waals surface area contributed by atoms with E-state index in [2.05, 4.69) is 36.8 Å². The summed E-state index contributed by atoms with van der Waals surface area (Å²) in [6.45, 7) is 2.64. The number of hydrogen-bond acceptors (Lipinski definition) is 4. The lowest BCUT2D eigenvalue weighted by atomic mass is 10.3. The van der Waals surface area contributed by atoms with Gasteiger partial charge in [0.1, 0.15) is 11.6 Å². The van der Waals surface area contributed by atoms with E-state index in [0.29, 0.717) is 16.8 Å². The summed E-state index contributed by atoms with van der Waals surface area (Å²) >= 11 is 3.22. The van der Waals surface area contributed by atoms with Gasteiger partial charge in [-0.3, -0.25) is 4.79 Å². The standard InChI is InChI=1S/C13H12BrFN4O/c1-2-16-12-6-5-10(18-19-12)13(20)17-11-7-8(14)3-4-9(11)15/h3-7H,2H2,1H3,(H,16,19)(H,17,20). The molecule has 0 aliphatic carbocycles. The van der Waals surface area contributed by atoms with Crippen LogP contribution in [0.3, 0.4) is 0 Å². The van der Waals surface area contributed by atoms with E-state index < -0.39 is 11.7 Å². The molecule has 2 rings (SSSR count). The number of nitrogens with zero attached hydrogens (tertiary/aromatic N) is 2. The average Bonchev–Trinajstić information content (AvgIpc) is 2.44. The number of anilines is 2. The summed E-state index contributed by atoms with van der Waals surface area (Å²) in [6, 6.07) is 7.46. The molecule has 0 radical (unpaired) electrons. The fourth-order valence-corrected chi connectivity index (χ4v) is 1.87. The molecule has 1 aromatic heterocycles. The average molecular weight is 339 g/mol. The lowest BCUT2D eigenvalue weighted by Gasteiger charge is -2.06. The highest BCUT2D eigenvalue weighted by Crippen LogP contribution is 2.20. The van der Waals surface area contributed by atoms with Crippen LogP contribution < -0.4 is 10.6 Å². The summed E-state index contributed by atoms with van der Waals surface area (Å²) in [6.07, 6.45) is 0. The maximum Gasteiger partial charge on any atom is 0.276 e. The summed E-state index contributed by atoms with van der Waals surface area (Å²) in [7, 11) is 0. The van der Waals surface area contributed by atoms with Crippen molar-refractivity contribution in [3.63, 3.8) is 0 Å². The van der Waals surface area contributed by atoms with Gasteiger partial charge in [0, 0.05) is 11.0 Å². The first kappa shape index (κ1) is 14.4. The Balaban J connectivity index is 2.13. The Kier molecular flexibility index (Phi) is 4.62. The summed E-state index contributed by atoms with van der Waals surface area (Å²) < 4.78 is 14.2. The summed E-state index contributed by atoms with van der Waals surface area (Å²) in [5.74, 6) is -0.450. The molecular formula is C13H12BrFN4O. The van der Waals surface area contributed by atoms with Crippen LogP contribution in [0, 0.1) is 5.82 Å². The number of amides is 1. The minimum absolute atomic E-state index is 0.0851. The maximum atomic E-state index is 13.5. The third-order valence-corrected chi connectivity index (χ3v) is 2.92. The third-order valence-electron chi connectivity index (χ3n) is 2.43. The summed E-state index contributed by atoms with van der Waals surface area (Å²) in [5.41, 5.74) is 0.202. The van der Waals surface area contributed by atoms with Crippen LogP contribution in [0.1, 0.15) is 17.4 Å². The van der Waals surface area contributed by atoms with E-state index in [1.165, 1.54) is 18.2 Å². The minimum atomic E-state index is -0.516. The first-order chi connectivity index (χ1) is 9.60. The Labute approximate surface area is 123 Å². The van der Waals surface area contributed by atoms with Crippen molar-refractivity contribution in [1.82, 2.24) is 10.2 Å². The predicted molar refractivity (Wildman–Crippen MR) is 78.2 cm³/mol.